The minimum Gasteiger partial charge on any atom is -0.381 e. The first-order valence-corrected chi connectivity index (χ1v) is 12.3. The average Bonchev–Trinajstić information content (AvgIpc) is 3.36. The van der Waals surface area contributed by atoms with E-state index in [1.165, 1.54) is 55.5 Å². The molecular formula is C23H34N4OS. The molecule has 3 fully saturated rings. The number of aryl methyl sites for hydroxylation is 1. The van der Waals surface area contributed by atoms with Crippen LogP contribution in [0.4, 0.5) is 5.82 Å². The lowest BCUT2D eigenvalue weighted by Gasteiger charge is -2.54. The van der Waals surface area contributed by atoms with E-state index >= 15 is 0 Å². The number of nitrogens with zero attached hydrogens (tertiary/aromatic N) is 4. The van der Waals surface area contributed by atoms with Crippen LogP contribution in [-0.2, 0) is 11.2 Å². The minimum absolute atomic E-state index is 0.470. The van der Waals surface area contributed by atoms with Gasteiger partial charge in [0.05, 0.1) is 5.39 Å². The molecule has 0 bridgehead atoms. The van der Waals surface area contributed by atoms with Crippen LogP contribution >= 0.6 is 11.3 Å². The molecule has 0 aromatic carbocycles. The number of thiophene rings is 1. The second kappa shape index (κ2) is 8.12. The molecule has 0 saturated carbocycles. The fourth-order valence-corrected chi connectivity index (χ4v) is 6.79. The Morgan fingerprint density at radius 1 is 1.21 bits per heavy atom. The summed E-state index contributed by atoms with van der Waals surface area (Å²) in [5.41, 5.74) is 0.470. The standard InChI is InChI=1S/C23H34N4OS/c1-3-5-20(17-6-10-28-11-7-17)27-14-23(15-27)8-9-26(13-23)21-19-12-18(4-2)29-22(19)25-16-24-21/h12,16-17,20H,3-11,13-15H2,1-2H3. The van der Waals surface area contributed by atoms with Gasteiger partial charge in [-0.05, 0) is 44.1 Å². The van der Waals surface area contributed by atoms with Gasteiger partial charge >= 0.3 is 0 Å². The Bertz CT molecular complexity index is 841. The molecule has 5 rings (SSSR count). The average molecular weight is 415 g/mol. The van der Waals surface area contributed by atoms with Crippen LogP contribution in [0, 0.1) is 11.3 Å². The first-order valence-electron chi connectivity index (χ1n) is 11.5. The second-order valence-electron chi connectivity index (χ2n) is 9.36. The second-order valence-corrected chi connectivity index (χ2v) is 10.5. The van der Waals surface area contributed by atoms with Crippen LogP contribution in [-0.4, -0.2) is 60.3 Å². The molecule has 2 aromatic rings. The summed E-state index contributed by atoms with van der Waals surface area (Å²) >= 11 is 1.82. The summed E-state index contributed by atoms with van der Waals surface area (Å²) in [5.74, 6) is 1.99. The highest BCUT2D eigenvalue weighted by molar-refractivity contribution is 7.18. The molecule has 6 heteroatoms. The molecule has 0 radical (unpaired) electrons. The summed E-state index contributed by atoms with van der Waals surface area (Å²) < 4.78 is 5.62. The number of aromatic nitrogens is 2. The molecule has 1 unspecified atom stereocenters. The quantitative estimate of drug-likeness (QED) is 0.702. The van der Waals surface area contributed by atoms with Crippen molar-refractivity contribution in [1.29, 1.82) is 0 Å². The maximum Gasteiger partial charge on any atom is 0.140 e. The normalized spacial score (nSPS) is 23.7. The lowest BCUT2D eigenvalue weighted by Crippen LogP contribution is -2.62. The van der Waals surface area contributed by atoms with Crippen LogP contribution in [0.25, 0.3) is 10.2 Å². The molecule has 2 aromatic heterocycles. The van der Waals surface area contributed by atoms with E-state index in [1.54, 1.807) is 6.33 Å². The van der Waals surface area contributed by atoms with Gasteiger partial charge in [0, 0.05) is 55.7 Å². The SMILES string of the molecule is CCCC(C1CCOCC1)N1CC2(CCN(c3ncnc4sc(CC)cc34)C2)C1. The maximum absolute atomic E-state index is 5.62. The smallest absolute Gasteiger partial charge is 0.140 e. The highest BCUT2D eigenvalue weighted by Crippen LogP contribution is 2.45. The molecule has 158 valence electrons. The summed E-state index contributed by atoms with van der Waals surface area (Å²) in [4.78, 5) is 17.1. The number of fused-ring (bicyclic) bond motifs is 1. The van der Waals surface area contributed by atoms with Gasteiger partial charge in [-0.15, -0.1) is 11.3 Å². The Balaban J connectivity index is 1.27. The van der Waals surface area contributed by atoms with E-state index in [2.05, 4.69) is 34.7 Å². The summed E-state index contributed by atoms with van der Waals surface area (Å²) in [6.45, 7) is 11.3. The molecule has 3 aliphatic heterocycles. The van der Waals surface area contributed by atoms with Gasteiger partial charge in [0.25, 0.3) is 0 Å². The zero-order valence-corrected chi connectivity index (χ0v) is 18.7. The molecule has 3 aliphatic rings. The topological polar surface area (TPSA) is 41.5 Å². The Hall–Kier alpha value is -1.24. The Morgan fingerprint density at radius 3 is 2.79 bits per heavy atom. The third kappa shape index (κ3) is 3.68. The van der Waals surface area contributed by atoms with Crippen LogP contribution in [0.1, 0.15) is 50.8 Å². The van der Waals surface area contributed by atoms with E-state index in [1.807, 2.05) is 11.3 Å². The highest BCUT2D eigenvalue weighted by atomic mass is 32.1. The van der Waals surface area contributed by atoms with Gasteiger partial charge in [-0.1, -0.05) is 20.3 Å². The summed E-state index contributed by atoms with van der Waals surface area (Å²) in [6, 6.07) is 3.08. The molecule has 0 N–H and O–H groups in total. The number of hydrogen-bond donors (Lipinski definition) is 0. The van der Waals surface area contributed by atoms with E-state index in [4.69, 9.17) is 9.72 Å². The van der Waals surface area contributed by atoms with Crippen LogP contribution in [0.3, 0.4) is 0 Å². The van der Waals surface area contributed by atoms with Crippen molar-refractivity contribution in [2.75, 3.05) is 44.3 Å². The maximum atomic E-state index is 5.62. The number of hydrogen-bond acceptors (Lipinski definition) is 6. The van der Waals surface area contributed by atoms with E-state index < -0.39 is 0 Å². The van der Waals surface area contributed by atoms with Gasteiger partial charge < -0.3 is 9.64 Å². The number of likely N-dealkylation sites (tertiary alicyclic amines) is 1. The monoisotopic (exact) mass is 414 g/mol. The zero-order chi connectivity index (χ0) is 19.8. The lowest BCUT2D eigenvalue weighted by molar-refractivity contribution is -0.0583. The van der Waals surface area contributed by atoms with E-state index in [0.29, 0.717) is 5.41 Å². The first kappa shape index (κ1) is 19.7. The third-order valence-corrected chi connectivity index (χ3v) is 8.57. The summed E-state index contributed by atoms with van der Waals surface area (Å²) in [7, 11) is 0. The van der Waals surface area contributed by atoms with Gasteiger partial charge in [0.1, 0.15) is 17.0 Å². The van der Waals surface area contributed by atoms with Crippen molar-refractivity contribution in [3.8, 4) is 0 Å². The number of rotatable bonds is 6. The molecule has 5 heterocycles. The van der Waals surface area contributed by atoms with E-state index in [-0.39, 0.29) is 0 Å². The van der Waals surface area contributed by atoms with Crippen molar-refractivity contribution in [1.82, 2.24) is 14.9 Å². The van der Waals surface area contributed by atoms with Crippen molar-refractivity contribution in [2.45, 2.75) is 58.4 Å². The predicted molar refractivity (Wildman–Crippen MR) is 120 cm³/mol. The van der Waals surface area contributed by atoms with Crippen molar-refractivity contribution in [3.63, 3.8) is 0 Å². The van der Waals surface area contributed by atoms with Gasteiger partial charge in [-0.3, -0.25) is 4.90 Å². The molecule has 3 saturated heterocycles. The van der Waals surface area contributed by atoms with Crippen molar-refractivity contribution < 1.29 is 4.74 Å². The molecular weight excluding hydrogens is 380 g/mol. The molecule has 1 spiro atoms. The van der Waals surface area contributed by atoms with E-state index in [0.717, 1.165) is 55.3 Å². The van der Waals surface area contributed by atoms with Gasteiger partial charge in [0.15, 0.2) is 0 Å². The van der Waals surface area contributed by atoms with Crippen molar-refractivity contribution in [3.05, 3.63) is 17.3 Å². The Morgan fingerprint density at radius 2 is 2.03 bits per heavy atom. The van der Waals surface area contributed by atoms with Crippen LogP contribution in [0.5, 0.6) is 0 Å². The van der Waals surface area contributed by atoms with E-state index in [9.17, 15) is 0 Å². The van der Waals surface area contributed by atoms with Crippen molar-refractivity contribution in [2.24, 2.45) is 11.3 Å². The van der Waals surface area contributed by atoms with Crippen molar-refractivity contribution >= 4 is 27.4 Å². The Labute approximate surface area is 178 Å². The number of ether oxygens (including phenoxy) is 1. The molecule has 0 aliphatic carbocycles. The number of anilines is 1. The molecule has 1 atom stereocenters. The predicted octanol–water partition coefficient (Wildman–Crippen LogP) is 4.36. The van der Waals surface area contributed by atoms with Crippen LogP contribution in [0.15, 0.2) is 12.4 Å². The molecule has 29 heavy (non-hydrogen) atoms. The lowest BCUT2D eigenvalue weighted by atomic mass is 9.75. The largest absolute Gasteiger partial charge is 0.381 e. The highest BCUT2D eigenvalue weighted by Gasteiger charge is 2.50. The fourth-order valence-electron chi connectivity index (χ4n) is 5.86. The van der Waals surface area contributed by atoms with Gasteiger partial charge in [0.2, 0.25) is 0 Å². The third-order valence-electron chi connectivity index (χ3n) is 7.39. The summed E-state index contributed by atoms with van der Waals surface area (Å²) in [5, 5.41) is 1.26. The van der Waals surface area contributed by atoms with Gasteiger partial charge in [-0.25, -0.2) is 9.97 Å². The Kier molecular flexibility index (Phi) is 5.52. The fraction of sp³-hybridized carbons (Fsp3) is 0.739. The zero-order valence-electron chi connectivity index (χ0n) is 17.9. The molecule has 0 amide bonds. The van der Waals surface area contributed by atoms with Gasteiger partial charge in [-0.2, -0.15) is 0 Å². The van der Waals surface area contributed by atoms with Crippen LogP contribution < -0.4 is 4.90 Å². The minimum atomic E-state index is 0.470. The summed E-state index contributed by atoms with van der Waals surface area (Å²) in [6.07, 6.45) is 9.25. The van der Waals surface area contributed by atoms with Crippen LogP contribution in [0.2, 0.25) is 0 Å². The first-order chi connectivity index (χ1) is 14.2. The molecule has 5 nitrogen and oxygen atoms in total.